The van der Waals surface area contributed by atoms with Gasteiger partial charge in [0.15, 0.2) is 11.5 Å². The Morgan fingerprint density at radius 3 is 2.66 bits per heavy atom. The van der Waals surface area contributed by atoms with Crippen molar-refractivity contribution in [3.63, 3.8) is 0 Å². The van der Waals surface area contributed by atoms with Crippen molar-refractivity contribution >= 4 is 17.5 Å². The number of piperidine rings is 1. The number of rotatable bonds is 5. The maximum absolute atomic E-state index is 12.6. The first-order chi connectivity index (χ1) is 14.0. The third-order valence-electron chi connectivity index (χ3n) is 5.63. The van der Waals surface area contributed by atoms with Crippen LogP contribution >= 0.6 is 0 Å². The standard InChI is InChI=1S/C21H25N3O5/c1-13-17(14(2)29-23-13)4-6-20(25)24-9-7-15(8-10-24)21(26)22-16-3-5-18-19(11-16)28-12-27-18/h3,5,11,15H,4,6-10,12H2,1-2H3,(H,22,26). The molecule has 0 spiro atoms. The van der Waals surface area contributed by atoms with E-state index in [0.29, 0.717) is 56.0 Å². The van der Waals surface area contributed by atoms with E-state index in [1.807, 2.05) is 18.7 Å². The van der Waals surface area contributed by atoms with E-state index < -0.39 is 0 Å². The van der Waals surface area contributed by atoms with Crippen LogP contribution in [0.3, 0.4) is 0 Å². The molecule has 1 fully saturated rings. The molecule has 8 heteroatoms. The van der Waals surface area contributed by atoms with Crippen molar-refractivity contribution in [1.29, 1.82) is 0 Å². The van der Waals surface area contributed by atoms with E-state index in [0.717, 1.165) is 17.0 Å². The number of nitrogens with one attached hydrogen (secondary N) is 1. The van der Waals surface area contributed by atoms with Crippen LogP contribution in [0.15, 0.2) is 22.7 Å². The van der Waals surface area contributed by atoms with E-state index in [1.54, 1.807) is 18.2 Å². The van der Waals surface area contributed by atoms with E-state index in [4.69, 9.17) is 14.0 Å². The number of hydrogen-bond donors (Lipinski definition) is 1. The van der Waals surface area contributed by atoms with Gasteiger partial charge in [-0.25, -0.2) is 0 Å². The molecule has 3 heterocycles. The largest absolute Gasteiger partial charge is 0.454 e. The summed E-state index contributed by atoms with van der Waals surface area (Å²) < 4.78 is 15.8. The molecule has 1 aromatic heterocycles. The van der Waals surface area contributed by atoms with E-state index >= 15 is 0 Å². The van der Waals surface area contributed by atoms with Crippen LogP contribution in [-0.4, -0.2) is 41.8 Å². The summed E-state index contributed by atoms with van der Waals surface area (Å²) in [7, 11) is 0. The molecule has 1 N–H and O–H groups in total. The average Bonchev–Trinajstić information content (AvgIpc) is 3.32. The SMILES string of the molecule is Cc1noc(C)c1CCC(=O)N1CCC(C(=O)Nc2ccc3c(c2)OCO3)CC1. The Morgan fingerprint density at radius 2 is 1.93 bits per heavy atom. The van der Waals surface area contributed by atoms with Crippen LogP contribution in [0.5, 0.6) is 11.5 Å². The Bertz CT molecular complexity index is 896. The number of aromatic nitrogens is 1. The predicted molar refractivity (Wildman–Crippen MR) is 105 cm³/mol. The fourth-order valence-electron chi connectivity index (χ4n) is 3.86. The molecule has 0 atom stereocenters. The summed E-state index contributed by atoms with van der Waals surface area (Å²) in [6.45, 7) is 5.15. The van der Waals surface area contributed by atoms with Gasteiger partial charge in [0.2, 0.25) is 18.6 Å². The molecule has 2 aromatic rings. The molecular formula is C21H25N3O5. The fraction of sp³-hybridized carbons (Fsp3) is 0.476. The molecule has 1 aromatic carbocycles. The average molecular weight is 399 g/mol. The van der Waals surface area contributed by atoms with Gasteiger partial charge < -0.3 is 24.2 Å². The van der Waals surface area contributed by atoms with E-state index in [9.17, 15) is 9.59 Å². The fourth-order valence-corrected chi connectivity index (χ4v) is 3.86. The number of likely N-dealkylation sites (tertiary alicyclic amines) is 1. The number of carbonyl (C=O) groups is 2. The Labute approximate surface area is 169 Å². The van der Waals surface area contributed by atoms with Gasteiger partial charge in [-0.2, -0.15) is 0 Å². The van der Waals surface area contributed by atoms with E-state index in [-0.39, 0.29) is 24.5 Å². The molecule has 1 saturated heterocycles. The molecule has 8 nitrogen and oxygen atoms in total. The van der Waals surface area contributed by atoms with Gasteiger partial charge >= 0.3 is 0 Å². The predicted octanol–water partition coefficient (Wildman–Crippen LogP) is 2.83. The maximum atomic E-state index is 12.6. The third-order valence-corrected chi connectivity index (χ3v) is 5.63. The molecule has 29 heavy (non-hydrogen) atoms. The zero-order valence-electron chi connectivity index (χ0n) is 16.7. The summed E-state index contributed by atoms with van der Waals surface area (Å²) in [6, 6.07) is 5.37. The van der Waals surface area contributed by atoms with E-state index in [2.05, 4.69) is 10.5 Å². The van der Waals surface area contributed by atoms with Gasteiger partial charge in [-0.3, -0.25) is 9.59 Å². The molecule has 0 saturated carbocycles. The lowest BCUT2D eigenvalue weighted by atomic mass is 9.95. The lowest BCUT2D eigenvalue weighted by Crippen LogP contribution is -2.41. The second kappa shape index (κ2) is 8.14. The van der Waals surface area contributed by atoms with Crippen molar-refractivity contribution in [1.82, 2.24) is 10.1 Å². The zero-order chi connectivity index (χ0) is 20.4. The third kappa shape index (κ3) is 4.21. The molecule has 2 aliphatic rings. The molecule has 0 aliphatic carbocycles. The van der Waals surface area contributed by atoms with Gasteiger partial charge in [-0.1, -0.05) is 5.16 Å². The monoisotopic (exact) mass is 399 g/mol. The number of aryl methyl sites for hydroxylation is 2. The second-order valence-corrected chi connectivity index (χ2v) is 7.52. The number of amides is 2. The van der Waals surface area contributed by atoms with Crippen molar-refractivity contribution < 1.29 is 23.6 Å². The molecule has 0 radical (unpaired) electrons. The maximum Gasteiger partial charge on any atom is 0.231 e. The van der Waals surface area contributed by atoms with Crippen LogP contribution in [-0.2, 0) is 16.0 Å². The minimum atomic E-state index is -0.105. The number of ether oxygens (including phenoxy) is 2. The number of hydrogen-bond acceptors (Lipinski definition) is 6. The molecule has 4 rings (SSSR count). The first-order valence-electron chi connectivity index (χ1n) is 9.91. The molecule has 0 unspecified atom stereocenters. The van der Waals surface area contributed by atoms with Gasteiger partial charge in [0.25, 0.3) is 0 Å². The lowest BCUT2D eigenvalue weighted by Gasteiger charge is -2.31. The smallest absolute Gasteiger partial charge is 0.231 e. The quantitative estimate of drug-likeness (QED) is 0.831. The van der Waals surface area contributed by atoms with Crippen molar-refractivity contribution in [2.75, 3.05) is 25.2 Å². The van der Waals surface area contributed by atoms with Crippen LogP contribution in [0, 0.1) is 19.8 Å². The summed E-state index contributed by atoms with van der Waals surface area (Å²) in [4.78, 5) is 27.0. The highest BCUT2D eigenvalue weighted by Crippen LogP contribution is 2.34. The van der Waals surface area contributed by atoms with Crippen molar-refractivity contribution in [2.45, 2.75) is 39.5 Å². The molecule has 2 amide bonds. The highest BCUT2D eigenvalue weighted by atomic mass is 16.7. The van der Waals surface area contributed by atoms with Crippen LogP contribution < -0.4 is 14.8 Å². The highest BCUT2D eigenvalue weighted by molar-refractivity contribution is 5.93. The Kier molecular flexibility index (Phi) is 5.42. The van der Waals surface area contributed by atoms with Crippen LogP contribution in [0.1, 0.15) is 36.3 Å². The number of nitrogens with zero attached hydrogens (tertiary/aromatic N) is 2. The zero-order valence-corrected chi connectivity index (χ0v) is 16.7. The number of fused-ring (bicyclic) bond motifs is 1. The topological polar surface area (TPSA) is 93.9 Å². The molecule has 0 bridgehead atoms. The normalized spacial score (nSPS) is 16.1. The number of benzene rings is 1. The Morgan fingerprint density at radius 1 is 1.17 bits per heavy atom. The summed E-state index contributed by atoms with van der Waals surface area (Å²) in [5, 5.41) is 6.88. The first-order valence-corrected chi connectivity index (χ1v) is 9.91. The minimum absolute atomic E-state index is 0.0216. The Balaban J connectivity index is 1.25. The van der Waals surface area contributed by atoms with Crippen LogP contribution in [0.2, 0.25) is 0 Å². The van der Waals surface area contributed by atoms with Crippen molar-refractivity contribution in [3.05, 3.63) is 35.2 Å². The van der Waals surface area contributed by atoms with Gasteiger partial charge in [0.1, 0.15) is 5.76 Å². The molecular weight excluding hydrogens is 374 g/mol. The minimum Gasteiger partial charge on any atom is -0.454 e. The highest BCUT2D eigenvalue weighted by Gasteiger charge is 2.28. The van der Waals surface area contributed by atoms with Gasteiger partial charge in [-0.05, 0) is 45.2 Å². The summed E-state index contributed by atoms with van der Waals surface area (Å²) >= 11 is 0. The summed E-state index contributed by atoms with van der Waals surface area (Å²) in [6.07, 6.45) is 2.38. The second-order valence-electron chi connectivity index (χ2n) is 7.52. The summed E-state index contributed by atoms with van der Waals surface area (Å²) in [5.74, 6) is 2.08. The summed E-state index contributed by atoms with van der Waals surface area (Å²) in [5.41, 5.74) is 2.54. The number of carbonyl (C=O) groups excluding carboxylic acids is 2. The first kappa shape index (κ1) is 19.3. The van der Waals surface area contributed by atoms with Crippen molar-refractivity contribution in [2.24, 2.45) is 5.92 Å². The van der Waals surface area contributed by atoms with E-state index in [1.165, 1.54) is 0 Å². The molecule has 2 aliphatic heterocycles. The van der Waals surface area contributed by atoms with Crippen LogP contribution in [0.25, 0.3) is 0 Å². The number of anilines is 1. The van der Waals surface area contributed by atoms with Crippen molar-refractivity contribution in [3.8, 4) is 11.5 Å². The molecule has 154 valence electrons. The van der Waals surface area contributed by atoms with Gasteiger partial charge in [0.05, 0.1) is 5.69 Å². The van der Waals surface area contributed by atoms with Crippen LogP contribution in [0.4, 0.5) is 5.69 Å². The Hall–Kier alpha value is -3.03. The lowest BCUT2D eigenvalue weighted by molar-refractivity contribution is -0.134. The van der Waals surface area contributed by atoms with Gasteiger partial charge in [-0.15, -0.1) is 0 Å². The van der Waals surface area contributed by atoms with Gasteiger partial charge in [0, 0.05) is 42.7 Å².